The number of aromatic nitrogens is 4. The van der Waals surface area contributed by atoms with Crippen LogP contribution in [0.5, 0.6) is 0 Å². The number of amides is 4. The van der Waals surface area contributed by atoms with E-state index < -0.39 is 34.9 Å². The third kappa shape index (κ3) is 8.15. The van der Waals surface area contributed by atoms with Gasteiger partial charge in [-0.3, -0.25) is 29.4 Å². The predicted octanol–water partition coefficient (Wildman–Crippen LogP) is 5.39. The Hall–Kier alpha value is -5.96. The van der Waals surface area contributed by atoms with E-state index in [0.29, 0.717) is 58.8 Å². The number of benzene rings is 2. The van der Waals surface area contributed by atoms with Crippen molar-refractivity contribution in [3.8, 4) is 6.07 Å². The Balaban J connectivity index is 0.774. The van der Waals surface area contributed by atoms with E-state index in [4.69, 9.17) is 5.10 Å². The van der Waals surface area contributed by atoms with E-state index >= 15 is 8.78 Å². The SMILES string of the molecule is CC(C)(O)c1cc2nn(C3CCC(N4CCN(C[C@H]5CCN(c6cc(F)c(N7CCC(=O)NC7=O)c(F)c6)C5)CC4)CC3)cc2cc1NC(=O)c1ccc2cc(C#N)cnn12. The first-order valence-corrected chi connectivity index (χ1v) is 21.1. The van der Waals surface area contributed by atoms with Crippen LogP contribution in [0.15, 0.2) is 54.9 Å². The van der Waals surface area contributed by atoms with Gasteiger partial charge in [-0.05, 0) is 94.3 Å². The highest BCUT2D eigenvalue weighted by Gasteiger charge is 2.34. The number of hydrogen-bond donors (Lipinski definition) is 3. The van der Waals surface area contributed by atoms with Gasteiger partial charge in [-0.2, -0.15) is 15.5 Å². The molecule has 1 atom stereocenters. The first-order valence-electron chi connectivity index (χ1n) is 21.1. The third-order valence-corrected chi connectivity index (χ3v) is 12.9. The fourth-order valence-electron chi connectivity index (χ4n) is 9.66. The molecule has 9 rings (SSSR count). The first kappa shape index (κ1) is 40.4. The number of carbonyl (C=O) groups excluding carboxylic acids is 3. The maximum Gasteiger partial charge on any atom is 0.328 e. The Kier molecular flexibility index (Phi) is 10.7. The Morgan fingerprint density at radius 3 is 2.41 bits per heavy atom. The molecule has 17 heteroatoms. The summed E-state index contributed by atoms with van der Waals surface area (Å²) in [6.07, 6.45) is 8.49. The maximum atomic E-state index is 15.2. The van der Waals surface area contributed by atoms with E-state index in [9.17, 15) is 24.8 Å². The summed E-state index contributed by atoms with van der Waals surface area (Å²) >= 11 is 0. The molecule has 2 aromatic carbocycles. The van der Waals surface area contributed by atoms with Crippen LogP contribution < -0.4 is 20.4 Å². The van der Waals surface area contributed by atoms with Gasteiger partial charge in [-0.25, -0.2) is 18.1 Å². The van der Waals surface area contributed by atoms with Crippen LogP contribution in [-0.4, -0.2) is 111 Å². The fraction of sp³-hybridized carbons (Fsp3) is 0.455. The van der Waals surface area contributed by atoms with Gasteiger partial charge in [0, 0.05) is 93.3 Å². The molecule has 15 nitrogen and oxygen atoms in total. The number of halogens is 2. The van der Waals surface area contributed by atoms with Crippen molar-refractivity contribution >= 4 is 51.3 Å². The van der Waals surface area contributed by atoms with Crippen molar-refractivity contribution in [1.29, 1.82) is 5.26 Å². The van der Waals surface area contributed by atoms with Crippen LogP contribution in [0, 0.1) is 28.9 Å². The van der Waals surface area contributed by atoms with Crippen molar-refractivity contribution < 1.29 is 28.3 Å². The van der Waals surface area contributed by atoms with Gasteiger partial charge < -0.3 is 20.2 Å². The number of anilines is 3. The lowest BCUT2D eigenvalue weighted by atomic mass is 9.90. The number of imide groups is 1. The van der Waals surface area contributed by atoms with Crippen LogP contribution in [0.2, 0.25) is 0 Å². The molecule has 6 heterocycles. The smallest absolute Gasteiger partial charge is 0.328 e. The molecule has 0 spiro atoms. The summed E-state index contributed by atoms with van der Waals surface area (Å²) < 4.78 is 33.9. The Morgan fingerprint density at radius 1 is 0.967 bits per heavy atom. The average Bonchev–Trinajstić information content (AvgIpc) is 3.99. The van der Waals surface area contributed by atoms with E-state index in [1.165, 1.54) is 22.8 Å². The summed E-state index contributed by atoms with van der Waals surface area (Å²) in [6.45, 7) is 9.57. The lowest BCUT2D eigenvalue weighted by Crippen LogP contribution is -2.52. The molecule has 4 amide bonds. The van der Waals surface area contributed by atoms with Crippen molar-refractivity contribution in [2.75, 3.05) is 67.5 Å². The number of carbonyl (C=O) groups is 3. The van der Waals surface area contributed by atoms with Crippen molar-refractivity contribution in [1.82, 2.24) is 34.5 Å². The molecule has 1 saturated carbocycles. The van der Waals surface area contributed by atoms with Gasteiger partial charge >= 0.3 is 6.03 Å². The molecule has 3 aliphatic heterocycles. The molecule has 0 radical (unpaired) electrons. The van der Waals surface area contributed by atoms with Gasteiger partial charge in [0.05, 0.1) is 34.4 Å². The number of nitriles is 1. The highest BCUT2D eigenvalue weighted by molar-refractivity contribution is 6.06. The number of aliphatic hydroxyl groups is 1. The highest BCUT2D eigenvalue weighted by Crippen LogP contribution is 2.37. The second-order valence-corrected chi connectivity index (χ2v) is 17.4. The Morgan fingerprint density at radius 2 is 1.70 bits per heavy atom. The van der Waals surface area contributed by atoms with Crippen molar-refractivity contribution in [2.45, 2.75) is 70.1 Å². The Bertz CT molecular complexity index is 2540. The summed E-state index contributed by atoms with van der Waals surface area (Å²) in [5.41, 5.74) is 1.91. The number of nitrogens with one attached hydrogen (secondary N) is 2. The predicted molar refractivity (Wildman–Crippen MR) is 224 cm³/mol. The van der Waals surface area contributed by atoms with E-state index in [2.05, 4.69) is 31.6 Å². The molecule has 5 aromatic rings. The number of piperazine rings is 1. The van der Waals surface area contributed by atoms with Crippen molar-refractivity contribution in [3.63, 3.8) is 0 Å². The van der Waals surface area contributed by atoms with Gasteiger partial charge in [-0.15, -0.1) is 0 Å². The maximum absolute atomic E-state index is 15.2. The van der Waals surface area contributed by atoms with Crippen molar-refractivity contribution in [2.24, 2.45) is 5.92 Å². The molecule has 3 saturated heterocycles. The topological polar surface area (TPSA) is 167 Å². The fourth-order valence-corrected chi connectivity index (χ4v) is 9.66. The molecule has 4 aliphatic rings. The number of urea groups is 1. The molecule has 61 heavy (non-hydrogen) atoms. The zero-order valence-corrected chi connectivity index (χ0v) is 34.3. The number of rotatable bonds is 9. The monoisotopic (exact) mass is 833 g/mol. The van der Waals surface area contributed by atoms with Crippen LogP contribution >= 0.6 is 0 Å². The van der Waals surface area contributed by atoms with Gasteiger partial charge in [0.2, 0.25) is 5.91 Å². The van der Waals surface area contributed by atoms with Crippen LogP contribution in [0.1, 0.15) is 80.0 Å². The minimum atomic E-state index is -1.25. The van der Waals surface area contributed by atoms with Crippen LogP contribution in [0.4, 0.5) is 30.6 Å². The number of nitrogens with zero attached hydrogens (tertiary/aromatic N) is 9. The molecule has 3 aromatic heterocycles. The van der Waals surface area contributed by atoms with Crippen LogP contribution in [0.3, 0.4) is 0 Å². The second kappa shape index (κ2) is 16.1. The lowest BCUT2D eigenvalue weighted by Gasteiger charge is -2.42. The van der Waals surface area contributed by atoms with E-state index in [1.54, 1.807) is 32.0 Å². The minimum absolute atomic E-state index is 0.0132. The zero-order valence-electron chi connectivity index (χ0n) is 34.3. The Labute approximate surface area is 351 Å². The summed E-state index contributed by atoms with van der Waals surface area (Å²) in [6, 6.07) is 13.4. The summed E-state index contributed by atoms with van der Waals surface area (Å²) in [5, 5.41) is 35.6. The molecule has 1 aliphatic carbocycles. The third-order valence-electron chi connectivity index (χ3n) is 12.9. The van der Waals surface area contributed by atoms with Crippen LogP contribution in [0.25, 0.3) is 16.4 Å². The van der Waals surface area contributed by atoms with E-state index in [1.807, 2.05) is 27.9 Å². The second-order valence-electron chi connectivity index (χ2n) is 17.4. The molecular formula is C44H49F2N11O4. The van der Waals surface area contributed by atoms with Gasteiger partial charge in [-0.1, -0.05) is 0 Å². The standard InChI is InChI=1S/C44H49F2N11O4/c1-44(2,61)34-21-37-29(18-38(34)49-42(59)39-8-7-32-17-28(22-47)23-48-57(32)39)26-56(51-37)31-5-3-30(4-6-31)53-15-13-52(14-16-53)24-27-9-11-54(25-27)33-19-35(45)41(36(46)20-33)55-12-10-40(58)50-43(55)60/h7-8,17-21,23,26-27,30-31,61H,3-6,9-16,24-25H2,1-2H3,(H,49,59)(H,50,58,60)/t27-,30?,31?/m1/s1. The summed E-state index contributed by atoms with van der Waals surface area (Å²) in [5.74, 6) is -2.11. The van der Waals surface area contributed by atoms with E-state index in [-0.39, 0.29) is 24.9 Å². The van der Waals surface area contributed by atoms with Crippen LogP contribution in [-0.2, 0) is 10.4 Å². The van der Waals surface area contributed by atoms with E-state index in [0.717, 1.165) is 80.6 Å². The molecular weight excluding hydrogens is 785 g/mol. The first-order chi connectivity index (χ1) is 29.3. The van der Waals surface area contributed by atoms with Gasteiger partial charge in [0.1, 0.15) is 17.5 Å². The average molecular weight is 834 g/mol. The molecule has 318 valence electrons. The normalized spacial score (nSPS) is 21.9. The molecule has 0 bridgehead atoms. The van der Waals surface area contributed by atoms with Crippen molar-refractivity contribution in [3.05, 3.63) is 83.3 Å². The number of fused-ring (bicyclic) bond motifs is 2. The minimum Gasteiger partial charge on any atom is -0.386 e. The number of hydrogen-bond acceptors (Lipinski definition) is 10. The van der Waals surface area contributed by atoms with Gasteiger partial charge in [0.15, 0.2) is 11.6 Å². The largest absolute Gasteiger partial charge is 0.386 e. The zero-order chi connectivity index (χ0) is 42.6. The quantitative estimate of drug-likeness (QED) is 0.175. The summed E-state index contributed by atoms with van der Waals surface area (Å²) in [4.78, 5) is 45.4. The molecule has 3 N–H and O–H groups in total. The summed E-state index contributed by atoms with van der Waals surface area (Å²) in [7, 11) is 0. The lowest BCUT2D eigenvalue weighted by molar-refractivity contribution is -0.120. The van der Waals surface area contributed by atoms with Gasteiger partial charge in [0.25, 0.3) is 5.91 Å². The molecule has 4 fully saturated rings. The highest BCUT2D eigenvalue weighted by atomic mass is 19.1. The molecule has 0 unspecified atom stereocenters.